The number of nitrogens with one attached hydrogen (secondary N) is 1. The highest BCUT2D eigenvalue weighted by atomic mass is 79.9. The molecule has 1 N–H and O–H groups in total. The van der Waals surface area contributed by atoms with Crippen molar-refractivity contribution in [1.29, 1.82) is 0 Å². The Labute approximate surface area is 127 Å². The van der Waals surface area contributed by atoms with Crippen LogP contribution in [-0.4, -0.2) is 16.1 Å². The molecule has 0 saturated heterocycles. The average Bonchev–Trinajstić information content (AvgIpc) is 2.76. The number of rotatable bonds is 6. The zero-order chi connectivity index (χ0) is 14.5. The van der Waals surface area contributed by atoms with E-state index in [-0.39, 0.29) is 5.82 Å². The molecule has 20 heavy (non-hydrogen) atoms. The minimum atomic E-state index is -0.186. The third-order valence-corrected chi connectivity index (χ3v) is 3.70. The summed E-state index contributed by atoms with van der Waals surface area (Å²) in [7, 11) is 0. The summed E-state index contributed by atoms with van der Waals surface area (Å²) in [5.41, 5.74) is 1.74. The van der Waals surface area contributed by atoms with Crippen LogP contribution >= 0.6 is 15.9 Å². The fourth-order valence-electron chi connectivity index (χ4n) is 2.10. The van der Waals surface area contributed by atoms with Gasteiger partial charge < -0.3 is 9.88 Å². The lowest BCUT2D eigenvalue weighted by atomic mass is 10.2. The Morgan fingerprint density at radius 3 is 2.95 bits per heavy atom. The molecule has 1 aromatic carbocycles. The quantitative estimate of drug-likeness (QED) is 0.814. The predicted octanol–water partition coefficient (Wildman–Crippen LogP) is 3.64. The van der Waals surface area contributed by atoms with Crippen molar-refractivity contribution in [2.24, 2.45) is 0 Å². The fourth-order valence-corrected chi connectivity index (χ4v) is 2.51. The number of aryl methyl sites for hydroxylation is 1. The summed E-state index contributed by atoms with van der Waals surface area (Å²) >= 11 is 3.38. The van der Waals surface area contributed by atoms with Crippen LogP contribution in [-0.2, 0) is 13.1 Å². The lowest BCUT2D eigenvalue weighted by molar-refractivity contribution is 0.581. The maximum Gasteiger partial charge on any atom is 0.128 e. The highest BCUT2D eigenvalue weighted by Crippen LogP contribution is 2.18. The van der Waals surface area contributed by atoms with Crippen molar-refractivity contribution < 1.29 is 4.39 Å². The molecule has 0 unspecified atom stereocenters. The number of imidazole rings is 1. The summed E-state index contributed by atoms with van der Waals surface area (Å²) in [5.74, 6) is 0.714. The Morgan fingerprint density at radius 2 is 2.20 bits per heavy atom. The standard InChI is InChI=1S/C15H19BrFN3/c1-3-6-18-8-14-9-19-11(2)20(14)10-12-7-13(16)4-5-15(12)17/h4-5,7,9,18H,3,6,8,10H2,1-2H3. The van der Waals surface area contributed by atoms with Crippen LogP contribution in [0.5, 0.6) is 0 Å². The number of hydrogen-bond acceptors (Lipinski definition) is 2. The van der Waals surface area contributed by atoms with Crippen LogP contribution in [0.15, 0.2) is 28.9 Å². The van der Waals surface area contributed by atoms with Gasteiger partial charge in [0.1, 0.15) is 11.6 Å². The number of benzene rings is 1. The van der Waals surface area contributed by atoms with E-state index in [9.17, 15) is 4.39 Å². The molecule has 2 rings (SSSR count). The van der Waals surface area contributed by atoms with Gasteiger partial charge in [0, 0.05) is 22.8 Å². The van der Waals surface area contributed by atoms with Gasteiger partial charge in [0.15, 0.2) is 0 Å². The van der Waals surface area contributed by atoms with E-state index in [1.165, 1.54) is 6.07 Å². The third kappa shape index (κ3) is 3.67. The Balaban J connectivity index is 2.19. The normalized spacial score (nSPS) is 11.0. The van der Waals surface area contributed by atoms with Gasteiger partial charge in [0.2, 0.25) is 0 Å². The monoisotopic (exact) mass is 339 g/mol. The number of nitrogens with zero attached hydrogens (tertiary/aromatic N) is 2. The zero-order valence-electron chi connectivity index (χ0n) is 11.8. The summed E-state index contributed by atoms with van der Waals surface area (Å²) in [6, 6.07) is 5.02. The smallest absolute Gasteiger partial charge is 0.128 e. The second-order valence-electron chi connectivity index (χ2n) is 4.80. The Hall–Kier alpha value is -1.20. The predicted molar refractivity (Wildman–Crippen MR) is 82.2 cm³/mol. The van der Waals surface area contributed by atoms with Crippen molar-refractivity contribution in [3.05, 3.63) is 51.8 Å². The average molecular weight is 340 g/mol. The van der Waals surface area contributed by atoms with E-state index in [0.717, 1.165) is 35.5 Å². The van der Waals surface area contributed by atoms with Gasteiger partial charge in [-0.3, -0.25) is 0 Å². The summed E-state index contributed by atoms with van der Waals surface area (Å²) in [6.07, 6.45) is 2.95. The first-order chi connectivity index (χ1) is 9.61. The van der Waals surface area contributed by atoms with Crippen molar-refractivity contribution >= 4 is 15.9 Å². The van der Waals surface area contributed by atoms with E-state index < -0.39 is 0 Å². The van der Waals surface area contributed by atoms with Crippen LogP contribution in [0, 0.1) is 12.7 Å². The molecular weight excluding hydrogens is 321 g/mol. The van der Waals surface area contributed by atoms with E-state index in [2.05, 4.69) is 33.2 Å². The molecule has 108 valence electrons. The summed E-state index contributed by atoms with van der Waals surface area (Å²) in [4.78, 5) is 4.33. The molecule has 1 heterocycles. The molecule has 0 saturated carbocycles. The van der Waals surface area contributed by atoms with E-state index in [1.54, 1.807) is 6.07 Å². The van der Waals surface area contributed by atoms with Gasteiger partial charge in [0.05, 0.1) is 12.2 Å². The molecule has 0 atom stereocenters. The Morgan fingerprint density at radius 1 is 1.40 bits per heavy atom. The topological polar surface area (TPSA) is 29.9 Å². The van der Waals surface area contributed by atoms with Crippen molar-refractivity contribution in [2.75, 3.05) is 6.54 Å². The Kier molecular flexibility index (Phi) is 5.31. The number of hydrogen-bond donors (Lipinski definition) is 1. The molecule has 0 aliphatic carbocycles. The molecule has 0 fully saturated rings. The van der Waals surface area contributed by atoms with Crippen LogP contribution in [0.25, 0.3) is 0 Å². The van der Waals surface area contributed by atoms with Gasteiger partial charge in [-0.2, -0.15) is 0 Å². The van der Waals surface area contributed by atoms with Gasteiger partial charge in [-0.25, -0.2) is 9.37 Å². The zero-order valence-corrected chi connectivity index (χ0v) is 13.4. The molecule has 0 spiro atoms. The molecule has 0 aliphatic heterocycles. The van der Waals surface area contributed by atoms with Crippen LogP contribution in [0.2, 0.25) is 0 Å². The maximum absolute atomic E-state index is 13.9. The van der Waals surface area contributed by atoms with Crippen LogP contribution in [0.4, 0.5) is 4.39 Å². The van der Waals surface area contributed by atoms with Crippen LogP contribution in [0.3, 0.4) is 0 Å². The first-order valence-electron chi connectivity index (χ1n) is 6.77. The molecule has 5 heteroatoms. The van der Waals surface area contributed by atoms with Crippen LogP contribution < -0.4 is 5.32 Å². The maximum atomic E-state index is 13.9. The van der Waals surface area contributed by atoms with Crippen molar-refractivity contribution in [2.45, 2.75) is 33.4 Å². The van der Waals surface area contributed by atoms with Gasteiger partial charge in [0.25, 0.3) is 0 Å². The second kappa shape index (κ2) is 6.99. The van der Waals surface area contributed by atoms with Gasteiger partial charge >= 0.3 is 0 Å². The number of aromatic nitrogens is 2. The summed E-state index contributed by atoms with van der Waals surface area (Å²) in [6.45, 7) is 6.30. The van der Waals surface area contributed by atoms with Gasteiger partial charge in [-0.05, 0) is 38.1 Å². The minimum absolute atomic E-state index is 0.186. The fraction of sp³-hybridized carbons (Fsp3) is 0.400. The van der Waals surface area contributed by atoms with E-state index in [4.69, 9.17) is 0 Å². The molecule has 0 amide bonds. The summed E-state index contributed by atoms with van der Waals surface area (Å²) in [5, 5.41) is 3.35. The first-order valence-corrected chi connectivity index (χ1v) is 7.56. The minimum Gasteiger partial charge on any atom is -0.326 e. The van der Waals surface area contributed by atoms with Gasteiger partial charge in [-0.1, -0.05) is 22.9 Å². The molecule has 0 radical (unpaired) electrons. The largest absolute Gasteiger partial charge is 0.326 e. The molecule has 0 aliphatic rings. The first kappa shape index (κ1) is 15.2. The lowest BCUT2D eigenvalue weighted by Crippen LogP contribution is -2.18. The molecule has 1 aromatic heterocycles. The van der Waals surface area contributed by atoms with Crippen molar-refractivity contribution in [3.8, 4) is 0 Å². The highest BCUT2D eigenvalue weighted by molar-refractivity contribution is 9.10. The highest BCUT2D eigenvalue weighted by Gasteiger charge is 2.10. The Bertz CT molecular complexity index is 580. The third-order valence-electron chi connectivity index (χ3n) is 3.21. The second-order valence-corrected chi connectivity index (χ2v) is 5.71. The molecule has 2 aromatic rings. The van der Waals surface area contributed by atoms with E-state index in [1.807, 2.05) is 23.8 Å². The molecular formula is C15H19BrFN3. The lowest BCUT2D eigenvalue weighted by Gasteiger charge is -2.12. The van der Waals surface area contributed by atoms with Crippen LogP contribution in [0.1, 0.15) is 30.4 Å². The van der Waals surface area contributed by atoms with Gasteiger partial charge in [-0.15, -0.1) is 0 Å². The van der Waals surface area contributed by atoms with E-state index >= 15 is 0 Å². The summed E-state index contributed by atoms with van der Waals surface area (Å²) < 4.78 is 16.8. The SMILES string of the molecule is CCCNCc1cnc(C)n1Cc1cc(Br)ccc1F. The molecule has 0 bridgehead atoms. The number of halogens is 2. The van der Waals surface area contributed by atoms with Crippen molar-refractivity contribution in [1.82, 2.24) is 14.9 Å². The van der Waals surface area contributed by atoms with E-state index in [0.29, 0.717) is 12.1 Å². The molecule has 3 nitrogen and oxygen atoms in total. The van der Waals surface area contributed by atoms with Crippen molar-refractivity contribution in [3.63, 3.8) is 0 Å².